The molecule has 0 radical (unpaired) electrons. The van der Waals surface area contributed by atoms with Crippen LogP contribution in [-0.2, 0) is 0 Å². The van der Waals surface area contributed by atoms with E-state index >= 15 is 0 Å². The maximum Gasteiger partial charge on any atom is 0.151 e. The van der Waals surface area contributed by atoms with Crippen molar-refractivity contribution in [1.82, 2.24) is 24.7 Å². The Morgan fingerprint density at radius 2 is 1.76 bits per heavy atom. The Kier molecular flexibility index (Phi) is 3.99. The van der Waals surface area contributed by atoms with E-state index in [4.69, 9.17) is 5.10 Å². The molecule has 0 bridgehead atoms. The SMILES string of the molecule is Cc1nnc(C)n1/N=C\c1cn(-c2ccccc2)nc1-c1cccs1. The van der Waals surface area contributed by atoms with Crippen molar-refractivity contribution >= 4 is 17.6 Å². The van der Waals surface area contributed by atoms with E-state index in [2.05, 4.69) is 21.4 Å². The molecule has 0 aliphatic carbocycles. The molecule has 7 heteroatoms. The van der Waals surface area contributed by atoms with Gasteiger partial charge in [-0.3, -0.25) is 0 Å². The van der Waals surface area contributed by atoms with Crippen LogP contribution in [0.3, 0.4) is 0 Å². The third-order valence-corrected chi connectivity index (χ3v) is 4.66. The largest absolute Gasteiger partial charge is 0.240 e. The fraction of sp³-hybridized carbons (Fsp3) is 0.111. The number of aryl methyl sites for hydroxylation is 2. The Balaban J connectivity index is 1.79. The summed E-state index contributed by atoms with van der Waals surface area (Å²) in [6.07, 6.45) is 3.80. The molecule has 0 fully saturated rings. The third kappa shape index (κ3) is 3.01. The van der Waals surface area contributed by atoms with Crippen LogP contribution in [-0.4, -0.2) is 30.9 Å². The van der Waals surface area contributed by atoms with Crippen molar-refractivity contribution in [3.8, 4) is 16.3 Å². The van der Waals surface area contributed by atoms with Gasteiger partial charge in [0.25, 0.3) is 0 Å². The molecule has 25 heavy (non-hydrogen) atoms. The van der Waals surface area contributed by atoms with Crippen molar-refractivity contribution < 1.29 is 0 Å². The van der Waals surface area contributed by atoms with Gasteiger partial charge in [0, 0.05) is 11.8 Å². The molecule has 4 aromatic rings. The van der Waals surface area contributed by atoms with Crippen molar-refractivity contribution in [3.05, 3.63) is 71.3 Å². The molecular weight excluding hydrogens is 332 g/mol. The van der Waals surface area contributed by atoms with E-state index < -0.39 is 0 Å². The van der Waals surface area contributed by atoms with Crippen molar-refractivity contribution in [1.29, 1.82) is 0 Å². The second-order valence-corrected chi connectivity index (χ2v) is 6.49. The Bertz CT molecular complexity index is 992. The fourth-order valence-corrected chi connectivity index (χ4v) is 3.28. The van der Waals surface area contributed by atoms with Crippen molar-refractivity contribution in [3.63, 3.8) is 0 Å². The number of para-hydroxylation sites is 1. The van der Waals surface area contributed by atoms with Crippen LogP contribution in [0.2, 0.25) is 0 Å². The number of thiophene rings is 1. The zero-order valence-corrected chi connectivity index (χ0v) is 14.7. The molecule has 0 N–H and O–H groups in total. The van der Waals surface area contributed by atoms with Crippen LogP contribution in [0.1, 0.15) is 17.2 Å². The van der Waals surface area contributed by atoms with E-state index in [9.17, 15) is 0 Å². The molecular formula is C18H16N6S. The lowest BCUT2D eigenvalue weighted by Gasteiger charge is -1.98. The molecule has 0 amide bonds. The zero-order valence-electron chi connectivity index (χ0n) is 13.9. The summed E-state index contributed by atoms with van der Waals surface area (Å²) in [7, 11) is 0. The highest BCUT2D eigenvalue weighted by molar-refractivity contribution is 7.13. The van der Waals surface area contributed by atoms with Gasteiger partial charge >= 0.3 is 0 Å². The monoisotopic (exact) mass is 348 g/mol. The number of rotatable bonds is 4. The topological polar surface area (TPSA) is 60.9 Å². The van der Waals surface area contributed by atoms with Crippen LogP contribution < -0.4 is 0 Å². The predicted octanol–water partition coefficient (Wildman–Crippen LogP) is 3.69. The molecule has 6 nitrogen and oxygen atoms in total. The highest BCUT2D eigenvalue weighted by Gasteiger charge is 2.12. The molecule has 0 aliphatic rings. The van der Waals surface area contributed by atoms with Crippen LogP contribution in [0.25, 0.3) is 16.3 Å². The Labute approximate surface area is 149 Å². The Morgan fingerprint density at radius 1 is 1.00 bits per heavy atom. The van der Waals surface area contributed by atoms with Crippen LogP contribution >= 0.6 is 11.3 Å². The fourth-order valence-electron chi connectivity index (χ4n) is 2.55. The molecule has 0 atom stereocenters. The highest BCUT2D eigenvalue weighted by Crippen LogP contribution is 2.26. The maximum atomic E-state index is 4.76. The second kappa shape index (κ2) is 6.45. The van der Waals surface area contributed by atoms with Gasteiger partial charge in [-0.25, -0.2) is 9.36 Å². The smallest absolute Gasteiger partial charge is 0.151 e. The number of hydrogen-bond donors (Lipinski definition) is 0. The molecule has 1 aromatic carbocycles. The lowest BCUT2D eigenvalue weighted by atomic mass is 10.2. The quantitative estimate of drug-likeness (QED) is 0.528. The second-order valence-electron chi connectivity index (χ2n) is 5.54. The van der Waals surface area contributed by atoms with Crippen LogP contribution in [0.5, 0.6) is 0 Å². The van der Waals surface area contributed by atoms with E-state index in [1.54, 1.807) is 16.0 Å². The minimum atomic E-state index is 0.752. The van der Waals surface area contributed by atoms with E-state index in [1.807, 2.05) is 72.7 Å². The van der Waals surface area contributed by atoms with Crippen LogP contribution in [0, 0.1) is 13.8 Å². The molecule has 3 aromatic heterocycles. The summed E-state index contributed by atoms with van der Waals surface area (Å²) in [5, 5.41) is 19.4. The zero-order chi connectivity index (χ0) is 17.2. The van der Waals surface area contributed by atoms with Crippen LogP contribution in [0.15, 0.2) is 59.1 Å². The molecule has 0 saturated heterocycles. The molecule has 3 heterocycles. The number of benzene rings is 1. The average molecular weight is 348 g/mol. The van der Waals surface area contributed by atoms with Crippen molar-refractivity contribution in [2.45, 2.75) is 13.8 Å². The summed E-state index contributed by atoms with van der Waals surface area (Å²) in [4.78, 5) is 1.10. The minimum Gasteiger partial charge on any atom is -0.240 e. The van der Waals surface area contributed by atoms with Gasteiger partial charge in [-0.2, -0.15) is 10.2 Å². The third-order valence-electron chi connectivity index (χ3n) is 3.78. The summed E-state index contributed by atoms with van der Waals surface area (Å²) >= 11 is 1.66. The first-order valence-electron chi connectivity index (χ1n) is 7.84. The molecule has 4 rings (SSSR count). The lowest BCUT2D eigenvalue weighted by molar-refractivity contribution is 0.799. The van der Waals surface area contributed by atoms with Crippen molar-refractivity contribution in [2.24, 2.45) is 5.10 Å². The van der Waals surface area contributed by atoms with E-state index in [0.29, 0.717) is 0 Å². The van der Waals surface area contributed by atoms with Gasteiger partial charge < -0.3 is 0 Å². The number of hydrogen-bond acceptors (Lipinski definition) is 5. The lowest BCUT2D eigenvalue weighted by Crippen LogP contribution is -1.96. The normalized spacial score (nSPS) is 11.4. The first kappa shape index (κ1) is 15.5. The van der Waals surface area contributed by atoms with Gasteiger partial charge in [0.2, 0.25) is 0 Å². The van der Waals surface area contributed by atoms with Gasteiger partial charge in [-0.1, -0.05) is 24.3 Å². The Hall–Kier alpha value is -3.06. The van der Waals surface area contributed by atoms with Gasteiger partial charge in [0.1, 0.15) is 5.69 Å². The first-order valence-corrected chi connectivity index (χ1v) is 8.72. The van der Waals surface area contributed by atoms with Crippen molar-refractivity contribution in [2.75, 3.05) is 0 Å². The number of aromatic nitrogens is 5. The summed E-state index contributed by atoms with van der Waals surface area (Å²) in [6, 6.07) is 14.1. The molecule has 0 aliphatic heterocycles. The van der Waals surface area contributed by atoms with Gasteiger partial charge in [-0.15, -0.1) is 21.5 Å². The van der Waals surface area contributed by atoms with Gasteiger partial charge in [0.15, 0.2) is 11.6 Å². The predicted molar refractivity (Wildman–Crippen MR) is 99.4 cm³/mol. The Morgan fingerprint density at radius 3 is 2.44 bits per heavy atom. The molecule has 124 valence electrons. The van der Waals surface area contributed by atoms with Gasteiger partial charge in [-0.05, 0) is 37.4 Å². The minimum absolute atomic E-state index is 0.752. The molecule has 0 saturated carbocycles. The highest BCUT2D eigenvalue weighted by atomic mass is 32.1. The van der Waals surface area contributed by atoms with E-state index in [1.165, 1.54) is 0 Å². The summed E-state index contributed by atoms with van der Waals surface area (Å²) in [6.45, 7) is 3.76. The van der Waals surface area contributed by atoms with Gasteiger partial charge in [0.05, 0.1) is 16.8 Å². The van der Waals surface area contributed by atoms with E-state index in [0.717, 1.165) is 33.5 Å². The standard InChI is InChI=1S/C18H16N6S/c1-13-20-21-14(2)24(13)19-11-15-12-23(16-7-4-3-5-8-16)22-18(15)17-9-6-10-25-17/h3-12H,1-2H3/b19-11-. The molecule has 0 spiro atoms. The first-order chi connectivity index (χ1) is 12.2. The number of nitrogens with zero attached hydrogens (tertiary/aromatic N) is 6. The van der Waals surface area contributed by atoms with Crippen LogP contribution in [0.4, 0.5) is 0 Å². The average Bonchev–Trinajstić information content (AvgIpc) is 3.35. The summed E-state index contributed by atoms with van der Waals surface area (Å²) < 4.78 is 3.60. The molecule has 0 unspecified atom stereocenters. The van der Waals surface area contributed by atoms with E-state index in [-0.39, 0.29) is 0 Å². The summed E-state index contributed by atoms with van der Waals surface area (Å²) in [5.74, 6) is 1.50. The maximum absolute atomic E-state index is 4.76. The summed E-state index contributed by atoms with van der Waals surface area (Å²) in [5.41, 5.74) is 2.86.